The first-order valence-corrected chi connectivity index (χ1v) is 14.1. The lowest BCUT2D eigenvalue weighted by Gasteiger charge is -2.32. The third-order valence-corrected chi connectivity index (χ3v) is 10.5. The molecule has 5 nitrogen and oxygen atoms in total. The number of likely N-dealkylation sites (tertiary alicyclic amines) is 1. The summed E-state index contributed by atoms with van der Waals surface area (Å²) in [6, 6.07) is 15.8. The van der Waals surface area contributed by atoms with Crippen LogP contribution in [0.5, 0.6) is 0 Å². The summed E-state index contributed by atoms with van der Waals surface area (Å²) in [5.74, 6) is 0.741. The van der Waals surface area contributed by atoms with E-state index in [2.05, 4.69) is 6.07 Å². The zero-order valence-electron chi connectivity index (χ0n) is 17.1. The molecule has 0 spiro atoms. The standard InChI is InChI=1S/C23H24N2O3S3/c26-23(18-7-1-3-9-20(18)29-17-11-13-31(27,28)15-17)25-12-5-6-16(14-25)22-24-19-8-2-4-10-21(19)30-22/h1-4,7-10,16-17H,5-6,11-15H2/t16-,17-/m1/s1. The van der Waals surface area contributed by atoms with E-state index in [9.17, 15) is 13.2 Å². The maximum absolute atomic E-state index is 13.4. The van der Waals surface area contributed by atoms with E-state index in [1.165, 1.54) is 16.5 Å². The van der Waals surface area contributed by atoms with Crippen LogP contribution in [0.2, 0.25) is 0 Å². The Kier molecular flexibility index (Phi) is 5.79. The number of aromatic nitrogens is 1. The summed E-state index contributed by atoms with van der Waals surface area (Å²) in [5, 5.41) is 1.13. The molecule has 0 bridgehead atoms. The number of carbonyl (C=O) groups is 1. The van der Waals surface area contributed by atoms with Crippen molar-refractivity contribution in [3.05, 3.63) is 59.1 Å². The molecule has 8 heteroatoms. The molecule has 0 unspecified atom stereocenters. The van der Waals surface area contributed by atoms with Gasteiger partial charge in [0.15, 0.2) is 9.84 Å². The Labute approximate surface area is 190 Å². The van der Waals surface area contributed by atoms with Gasteiger partial charge in [0.05, 0.1) is 32.3 Å². The van der Waals surface area contributed by atoms with E-state index in [1.807, 2.05) is 47.4 Å². The van der Waals surface area contributed by atoms with Gasteiger partial charge in [-0.2, -0.15) is 0 Å². The lowest BCUT2D eigenvalue weighted by Crippen LogP contribution is -2.39. The summed E-state index contributed by atoms with van der Waals surface area (Å²) in [6.45, 7) is 1.42. The van der Waals surface area contributed by atoms with Gasteiger partial charge < -0.3 is 4.90 Å². The lowest BCUT2D eigenvalue weighted by molar-refractivity contribution is 0.0703. The molecular weight excluding hydrogens is 448 g/mol. The van der Waals surface area contributed by atoms with Crippen molar-refractivity contribution in [1.29, 1.82) is 0 Å². The Balaban J connectivity index is 1.34. The average molecular weight is 473 g/mol. The minimum absolute atomic E-state index is 0.0239. The van der Waals surface area contributed by atoms with E-state index in [4.69, 9.17) is 4.98 Å². The normalized spacial score (nSPS) is 23.3. The van der Waals surface area contributed by atoms with Crippen molar-refractivity contribution in [2.24, 2.45) is 0 Å². The number of nitrogens with zero attached hydrogens (tertiary/aromatic N) is 2. The van der Waals surface area contributed by atoms with Crippen LogP contribution in [0, 0.1) is 0 Å². The van der Waals surface area contributed by atoms with Gasteiger partial charge in [-0.15, -0.1) is 23.1 Å². The monoisotopic (exact) mass is 472 g/mol. The van der Waals surface area contributed by atoms with Gasteiger partial charge in [0.2, 0.25) is 0 Å². The van der Waals surface area contributed by atoms with Crippen LogP contribution in [-0.2, 0) is 9.84 Å². The second-order valence-electron chi connectivity index (χ2n) is 8.25. The van der Waals surface area contributed by atoms with Crippen LogP contribution in [-0.4, -0.2) is 54.1 Å². The molecule has 2 aromatic carbocycles. The molecule has 2 aliphatic heterocycles. The molecule has 3 heterocycles. The number of amides is 1. The fourth-order valence-electron chi connectivity index (χ4n) is 4.38. The Hall–Kier alpha value is -1.90. The smallest absolute Gasteiger partial charge is 0.255 e. The van der Waals surface area contributed by atoms with Crippen LogP contribution in [0.1, 0.15) is 40.5 Å². The number of sulfone groups is 1. The molecule has 0 N–H and O–H groups in total. The van der Waals surface area contributed by atoms with Crippen molar-refractivity contribution in [2.75, 3.05) is 24.6 Å². The summed E-state index contributed by atoms with van der Waals surface area (Å²) in [6.07, 6.45) is 2.65. The van der Waals surface area contributed by atoms with E-state index in [0.29, 0.717) is 18.5 Å². The molecule has 5 rings (SSSR count). The van der Waals surface area contributed by atoms with Crippen LogP contribution in [0.4, 0.5) is 0 Å². The molecule has 31 heavy (non-hydrogen) atoms. The predicted molar refractivity (Wildman–Crippen MR) is 127 cm³/mol. The first kappa shape index (κ1) is 21.0. The Bertz CT molecular complexity index is 1190. The number of fused-ring (bicyclic) bond motifs is 1. The number of hydrogen-bond donors (Lipinski definition) is 0. The second-order valence-corrected chi connectivity index (χ2v) is 12.9. The first-order valence-electron chi connectivity index (χ1n) is 10.6. The number of carbonyl (C=O) groups excluding carboxylic acids is 1. The minimum Gasteiger partial charge on any atom is -0.338 e. The SMILES string of the molecule is O=C(c1ccccc1S[C@@H]1CCS(=O)(=O)C1)N1CCC[C@@H](c2nc3ccccc3s2)C1. The molecular formula is C23H24N2O3S3. The number of thiazole rings is 1. The van der Waals surface area contributed by atoms with Gasteiger partial charge in [-0.25, -0.2) is 13.4 Å². The number of rotatable bonds is 4. The van der Waals surface area contributed by atoms with E-state index in [1.54, 1.807) is 11.3 Å². The van der Waals surface area contributed by atoms with Gasteiger partial charge in [-0.3, -0.25) is 4.79 Å². The molecule has 2 atom stereocenters. The summed E-state index contributed by atoms with van der Waals surface area (Å²) >= 11 is 3.26. The van der Waals surface area contributed by atoms with Crippen molar-refractivity contribution in [3.8, 4) is 0 Å². The molecule has 1 aromatic heterocycles. The van der Waals surface area contributed by atoms with Gasteiger partial charge >= 0.3 is 0 Å². The molecule has 1 amide bonds. The molecule has 3 aromatic rings. The van der Waals surface area contributed by atoms with E-state index < -0.39 is 9.84 Å². The van der Waals surface area contributed by atoms with E-state index in [0.717, 1.165) is 34.8 Å². The average Bonchev–Trinajstić information content (AvgIpc) is 3.36. The van der Waals surface area contributed by atoms with Gasteiger partial charge in [0.1, 0.15) is 0 Å². The molecule has 2 saturated heterocycles. The summed E-state index contributed by atoms with van der Waals surface area (Å²) in [5.41, 5.74) is 1.71. The van der Waals surface area contributed by atoms with Gasteiger partial charge in [0, 0.05) is 29.2 Å². The number of hydrogen-bond acceptors (Lipinski definition) is 6. The molecule has 0 radical (unpaired) electrons. The summed E-state index contributed by atoms with van der Waals surface area (Å²) < 4.78 is 24.9. The molecule has 2 fully saturated rings. The van der Waals surface area contributed by atoms with Crippen LogP contribution in [0.3, 0.4) is 0 Å². The van der Waals surface area contributed by atoms with Crippen molar-refractivity contribution < 1.29 is 13.2 Å². The predicted octanol–water partition coefficient (Wildman–Crippen LogP) is 4.60. The molecule has 162 valence electrons. The highest BCUT2D eigenvalue weighted by Crippen LogP contribution is 2.36. The highest BCUT2D eigenvalue weighted by Gasteiger charge is 2.31. The van der Waals surface area contributed by atoms with Crippen molar-refractivity contribution in [2.45, 2.75) is 35.3 Å². The van der Waals surface area contributed by atoms with Gasteiger partial charge in [0.25, 0.3) is 5.91 Å². The zero-order chi connectivity index (χ0) is 21.4. The zero-order valence-corrected chi connectivity index (χ0v) is 19.5. The van der Waals surface area contributed by atoms with Crippen LogP contribution in [0.25, 0.3) is 10.2 Å². The maximum atomic E-state index is 13.4. The number of benzene rings is 2. The minimum atomic E-state index is -2.94. The van der Waals surface area contributed by atoms with Crippen LogP contribution >= 0.6 is 23.1 Å². The Morgan fingerprint density at radius 2 is 1.90 bits per heavy atom. The topological polar surface area (TPSA) is 67.3 Å². The highest BCUT2D eigenvalue weighted by molar-refractivity contribution is 8.02. The third kappa shape index (κ3) is 4.52. The van der Waals surface area contributed by atoms with Crippen molar-refractivity contribution in [3.63, 3.8) is 0 Å². The Morgan fingerprint density at radius 1 is 1.10 bits per heavy atom. The first-order chi connectivity index (χ1) is 15.0. The van der Waals surface area contributed by atoms with Crippen LogP contribution < -0.4 is 0 Å². The number of para-hydroxylation sites is 1. The lowest BCUT2D eigenvalue weighted by atomic mass is 9.98. The second kappa shape index (κ2) is 8.56. The third-order valence-electron chi connectivity index (χ3n) is 5.97. The van der Waals surface area contributed by atoms with E-state index >= 15 is 0 Å². The maximum Gasteiger partial charge on any atom is 0.255 e. The largest absolute Gasteiger partial charge is 0.338 e. The summed E-state index contributed by atoms with van der Waals surface area (Å²) in [4.78, 5) is 21.1. The number of thioether (sulfide) groups is 1. The van der Waals surface area contributed by atoms with Gasteiger partial charge in [-0.05, 0) is 43.5 Å². The Morgan fingerprint density at radius 3 is 2.71 bits per heavy atom. The fraction of sp³-hybridized carbons (Fsp3) is 0.391. The van der Waals surface area contributed by atoms with Crippen molar-refractivity contribution >= 4 is 49.1 Å². The fourth-order valence-corrected chi connectivity index (χ4v) is 9.09. The highest BCUT2D eigenvalue weighted by atomic mass is 32.2. The molecule has 0 saturated carbocycles. The molecule has 2 aliphatic rings. The van der Waals surface area contributed by atoms with Crippen LogP contribution in [0.15, 0.2) is 53.4 Å². The van der Waals surface area contributed by atoms with Gasteiger partial charge in [-0.1, -0.05) is 24.3 Å². The molecule has 0 aliphatic carbocycles. The summed E-state index contributed by atoms with van der Waals surface area (Å²) in [7, 11) is -2.94. The van der Waals surface area contributed by atoms with E-state index in [-0.39, 0.29) is 28.6 Å². The number of piperidine rings is 1. The van der Waals surface area contributed by atoms with Crippen molar-refractivity contribution in [1.82, 2.24) is 9.88 Å². The quantitative estimate of drug-likeness (QED) is 0.555.